The Bertz CT molecular complexity index is 795. The molecule has 6 nitrogen and oxygen atoms in total. The molecular weight excluding hydrogens is 342 g/mol. The minimum Gasteiger partial charge on any atom is -0.490 e. The maximum absolute atomic E-state index is 6.10. The molecule has 2 aliphatic rings. The van der Waals surface area contributed by atoms with Gasteiger partial charge >= 0.3 is 0 Å². The SMILES string of the molecule is NC(=NC[C@H]1CCO[C@@H]1c1ccccc1)Nc1ccc2c(c1)OCCCO2. The van der Waals surface area contributed by atoms with E-state index in [-0.39, 0.29) is 6.10 Å². The van der Waals surface area contributed by atoms with E-state index in [4.69, 9.17) is 19.9 Å². The minimum atomic E-state index is 0.0841. The third kappa shape index (κ3) is 4.34. The van der Waals surface area contributed by atoms with E-state index in [1.165, 1.54) is 5.56 Å². The molecule has 0 saturated carbocycles. The van der Waals surface area contributed by atoms with Gasteiger partial charge in [-0.15, -0.1) is 0 Å². The van der Waals surface area contributed by atoms with E-state index in [0.717, 1.165) is 36.6 Å². The summed E-state index contributed by atoms with van der Waals surface area (Å²) >= 11 is 0. The highest BCUT2D eigenvalue weighted by Gasteiger charge is 2.29. The van der Waals surface area contributed by atoms with Crippen LogP contribution in [0.4, 0.5) is 5.69 Å². The number of nitrogens with two attached hydrogens (primary N) is 1. The lowest BCUT2D eigenvalue weighted by Gasteiger charge is -2.17. The number of guanidine groups is 1. The summed E-state index contributed by atoms with van der Waals surface area (Å²) in [5.41, 5.74) is 8.14. The highest BCUT2D eigenvalue weighted by atomic mass is 16.5. The summed E-state index contributed by atoms with van der Waals surface area (Å²) < 4.78 is 17.3. The Kier molecular flexibility index (Phi) is 5.44. The number of nitrogens with one attached hydrogen (secondary N) is 1. The van der Waals surface area contributed by atoms with Gasteiger partial charge in [-0.1, -0.05) is 30.3 Å². The summed E-state index contributed by atoms with van der Waals surface area (Å²) in [4.78, 5) is 4.54. The van der Waals surface area contributed by atoms with Crippen LogP contribution in [0.25, 0.3) is 0 Å². The van der Waals surface area contributed by atoms with Gasteiger partial charge in [0.1, 0.15) is 0 Å². The molecule has 27 heavy (non-hydrogen) atoms. The summed E-state index contributed by atoms with van der Waals surface area (Å²) in [5, 5.41) is 3.14. The van der Waals surface area contributed by atoms with E-state index >= 15 is 0 Å². The van der Waals surface area contributed by atoms with Crippen molar-refractivity contribution in [3.8, 4) is 11.5 Å². The Hall–Kier alpha value is -2.73. The molecular formula is C21H25N3O3. The topological polar surface area (TPSA) is 78.1 Å². The average Bonchev–Trinajstić information content (AvgIpc) is 3.04. The summed E-state index contributed by atoms with van der Waals surface area (Å²) in [5.74, 6) is 2.22. The van der Waals surface area contributed by atoms with Gasteiger partial charge in [0, 0.05) is 37.2 Å². The first-order valence-corrected chi connectivity index (χ1v) is 9.43. The molecule has 1 saturated heterocycles. The number of ether oxygens (including phenoxy) is 3. The predicted octanol–water partition coefficient (Wildman–Crippen LogP) is 3.35. The lowest BCUT2D eigenvalue weighted by atomic mass is 9.95. The van der Waals surface area contributed by atoms with Crippen molar-refractivity contribution in [3.05, 3.63) is 54.1 Å². The van der Waals surface area contributed by atoms with Gasteiger partial charge in [-0.2, -0.15) is 0 Å². The lowest BCUT2D eigenvalue weighted by molar-refractivity contribution is 0.0926. The van der Waals surface area contributed by atoms with Gasteiger partial charge in [0.25, 0.3) is 0 Å². The van der Waals surface area contributed by atoms with Gasteiger partial charge in [-0.25, -0.2) is 0 Å². The standard InChI is InChI=1S/C21H25N3O3/c22-21(24-17-7-8-18-19(13-17)26-11-4-10-25-18)23-14-16-9-12-27-20(16)15-5-2-1-3-6-15/h1-3,5-8,13,16,20H,4,9-12,14H2,(H3,22,23,24)/t16-,20-/m1/s1. The molecule has 6 heteroatoms. The predicted molar refractivity (Wildman–Crippen MR) is 105 cm³/mol. The van der Waals surface area contributed by atoms with E-state index in [0.29, 0.717) is 31.6 Å². The van der Waals surface area contributed by atoms with Crippen molar-refractivity contribution >= 4 is 11.6 Å². The summed E-state index contributed by atoms with van der Waals surface area (Å²) in [6, 6.07) is 16.0. The van der Waals surface area contributed by atoms with Crippen LogP contribution >= 0.6 is 0 Å². The largest absolute Gasteiger partial charge is 0.490 e. The van der Waals surface area contributed by atoms with Crippen LogP contribution in [0, 0.1) is 5.92 Å². The fourth-order valence-electron chi connectivity index (χ4n) is 3.48. The molecule has 0 aliphatic carbocycles. The van der Waals surface area contributed by atoms with Crippen molar-refractivity contribution in [2.45, 2.75) is 18.9 Å². The van der Waals surface area contributed by atoms with Crippen LogP contribution in [-0.4, -0.2) is 32.3 Å². The Morgan fingerprint density at radius 2 is 1.85 bits per heavy atom. The van der Waals surface area contributed by atoms with Crippen molar-refractivity contribution in [1.29, 1.82) is 0 Å². The molecule has 2 heterocycles. The number of nitrogens with zero attached hydrogens (tertiary/aromatic N) is 1. The van der Waals surface area contributed by atoms with Gasteiger partial charge in [0.05, 0.1) is 19.3 Å². The van der Waals surface area contributed by atoms with Crippen LogP contribution < -0.4 is 20.5 Å². The number of hydrogen-bond acceptors (Lipinski definition) is 4. The maximum Gasteiger partial charge on any atom is 0.193 e. The maximum atomic E-state index is 6.10. The van der Waals surface area contributed by atoms with Gasteiger partial charge in [-0.3, -0.25) is 4.99 Å². The second-order valence-electron chi connectivity index (χ2n) is 6.81. The van der Waals surface area contributed by atoms with Crippen LogP contribution in [-0.2, 0) is 4.74 Å². The van der Waals surface area contributed by atoms with Crippen molar-refractivity contribution in [3.63, 3.8) is 0 Å². The average molecular weight is 367 g/mol. The second-order valence-corrected chi connectivity index (χ2v) is 6.81. The number of rotatable bonds is 4. The van der Waals surface area contributed by atoms with E-state index in [1.807, 2.05) is 36.4 Å². The van der Waals surface area contributed by atoms with E-state index in [9.17, 15) is 0 Å². The van der Waals surface area contributed by atoms with Crippen molar-refractivity contribution < 1.29 is 14.2 Å². The number of aliphatic imine (C=N–C) groups is 1. The first kappa shape index (κ1) is 17.7. The second kappa shape index (κ2) is 8.31. The Balaban J connectivity index is 1.39. The highest BCUT2D eigenvalue weighted by molar-refractivity contribution is 5.92. The zero-order valence-electron chi connectivity index (χ0n) is 15.3. The molecule has 2 aromatic rings. The van der Waals surface area contributed by atoms with Crippen LogP contribution in [0.3, 0.4) is 0 Å². The molecule has 0 unspecified atom stereocenters. The molecule has 2 aliphatic heterocycles. The minimum absolute atomic E-state index is 0.0841. The Morgan fingerprint density at radius 3 is 2.70 bits per heavy atom. The quantitative estimate of drug-likeness (QED) is 0.640. The fourth-order valence-corrected chi connectivity index (χ4v) is 3.48. The molecule has 0 spiro atoms. The highest BCUT2D eigenvalue weighted by Crippen LogP contribution is 2.35. The van der Waals surface area contributed by atoms with Crippen molar-refractivity contribution in [2.75, 3.05) is 31.7 Å². The normalized spacial score (nSPS) is 22.3. The molecule has 2 aromatic carbocycles. The molecule has 0 radical (unpaired) electrons. The number of fused-ring (bicyclic) bond motifs is 1. The number of anilines is 1. The van der Waals surface area contributed by atoms with Crippen molar-refractivity contribution in [1.82, 2.24) is 0 Å². The molecule has 2 atom stereocenters. The van der Waals surface area contributed by atoms with Crippen LogP contribution in [0.15, 0.2) is 53.5 Å². The van der Waals surface area contributed by atoms with Gasteiger partial charge < -0.3 is 25.3 Å². The number of hydrogen-bond donors (Lipinski definition) is 2. The first-order chi connectivity index (χ1) is 13.3. The number of benzene rings is 2. The molecule has 0 amide bonds. The molecule has 4 rings (SSSR count). The fraction of sp³-hybridized carbons (Fsp3) is 0.381. The third-order valence-corrected chi connectivity index (χ3v) is 4.86. The van der Waals surface area contributed by atoms with E-state index in [1.54, 1.807) is 0 Å². The molecule has 142 valence electrons. The van der Waals surface area contributed by atoms with Gasteiger partial charge in [0.15, 0.2) is 17.5 Å². The summed E-state index contributed by atoms with van der Waals surface area (Å²) in [6.45, 7) is 2.72. The molecule has 3 N–H and O–H groups in total. The van der Waals surface area contributed by atoms with Crippen LogP contribution in [0.5, 0.6) is 11.5 Å². The van der Waals surface area contributed by atoms with Crippen molar-refractivity contribution in [2.24, 2.45) is 16.6 Å². The van der Waals surface area contributed by atoms with E-state index in [2.05, 4.69) is 22.4 Å². The third-order valence-electron chi connectivity index (χ3n) is 4.86. The molecule has 0 aromatic heterocycles. The summed E-state index contributed by atoms with van der Waals surface area (Å²) in [6.07, 6.45) is 1.95. The monoisotopic (exact) mass is 367 g/mol. The molecule has 0 bridgehead atoms. The lowest BCUT2D eigenvalue weighted by Crippen LogP contribution is -2.24. The summed E-state index contributed by atoms with van der Waals surface area (Å²) in [7, 11) is 0. The van der Waals surface area contributed by atoms with Crippen LogP contribution in [0.1, 0.15) is 24.5 Å². The smallest absolute Gasteiger partial charge is 0.193 e. The Labute approximate surface area is 159 Å². The zero-order chi connectivity index (χ0) is 18.5. The molecule has 1 fully saturated rings. The van der Waals surface area contributed by atoms with Gasteiger partial charge in [0.2, 0.25) is 0 Å². The van der Waals surface area contributed by atoms with E-state index < -0.39 is 0 Å². The van der Waals surface area contributed by atoms with Gasteiger partial charge in [-0.05, 0) is 24.1 Å². The zero-order valence-corrected chi connectivity index (χ0v) is 15.3. The van der Waals surface area contributed by atoms with Crippen LogP contribution in [0.2, 0.25) is 0 Å². The Morgan fingerprint density at radius 1 is 1.04 bits per heavy atom. The first-order valence-electron chi connectivity index (χ1n) is 9.43.